The maximum atomic E-state index is 13.4. The Bertz CT molecular complexity index is 349. The molecule has 0 unspecified atom stereocenters. The summed E-state index contributed by atoms with van der Waals surface area (Å²) in [6.45, 7) is 6.31. The van der Waals surface area contributed by atoms with Crippen LogP contribution in [0.3, 0.4) is 0 Å². The van der Waals surface area contributed by atoms with Gasteiger partial charge >= 0.3 is 0 Å². The highest BCUT2D eigenvalue weighted by atomic mass is 19.1. The van der Waals surface area contributed by atoms with Gasteiger partial charge < -0.3 is 4.90 Å². The number of hydrogen-bond acceptors (Lipinski definition) is 1. The number of carbonyl (C=O) groups excluding carboxylic acids is 1. The topological polar surface area (TPSA) is 20.3 Å². The van der Waals surface area contributed by atoms with Crippen LogP contribution in [0.4, 0.5) is 4.39 Å². The van der Waals surface area contributed by atoms with Crippen LogP contribution >= 0.6 is 0 Å². The van der Waals surface area contributed by atoms with Crippen LogP contribution in [0.15, 0.2) is 24.3 Å². The summed E-state index contributed by atoms with van der Waals surface area (Å²) in [5.74, 6) is -0.702. The zero-order valence-electron chi connectivity index (χ0n) is 9.33. The Morgan fingerprint density at radius 2 is 2.00 bits per heavy atom. The van der Waals surface area contributed by atoms with Crippen molar-refractivity contribution in [2.75, 3.05) is 6.54 Å². The van der Waals surface area contributed by atoms with Crippen molar-refractivity contribution in [2.45, 2.75) is 26.8 Å². The number of carbonyl (C=O) groups is 1. The van der Waals surface area contributed by atoms with E-state index in [1.54, 1.807) is 17.0 Å². The van der Waals surface area contributed by atoms with E-state index in [4.69, 9.17) is 0 Å². The Hall–Kier alpha value is -1.38. The Morgan fingerprint density at radius 3 is 2.47 bits per heavy atom. The molecule has 0 fully saturated rings. The Labute approximate surface area is 89.7 Å². The molecule has 15 heavy (non-hydrogen) atoms. The fourth-order valence-electron chi connectivity index (χ4n) is 1.53. The van der Waals surface area contributed by atoms with E-state index >= 15 is 0 Å². The Kier molecular flexibility index (Phi) is 3.83. The van der Waals surface area contributed by atoms with Crippen molar-refractivity contribution in [3.8, 4) is 0 Å². The van der Waals surface area contributed by atoms with Gasteiger partial charge in [0.05, 0.1) is 5.56 Å². The first kappa shape index (κ1) is 11.7. The lowest BCUT2D eigenvalue weighted by atomic mass is 10.1. The molecule has 1 aromatic carbocycles. The maximum absolute atomic E-state index is 13.4. The first-order chi connectivity index (χ1) is 7.07. The number of rotatable bonds is 3. The number of benzene rings is 1. The van der Waals surface area contributed by atoms with E-state index in [2.05, 4.69) is 0 Å². The minimum absolute atomic E-state index is 0.0853. The van der Waals surface area contributed by atoms with Gasteiger partial charge in [-0.25, -0.2) is 4.39 Å². The van der Waals surface area contributed by atoms with Crippen molar-refractivity contribution >= 4 is 5.91 Å². The number of nitrogens with zero attached hydrogens (tertiary/aromatic N) is 1. The molecule has 0 spiro atoms. The second-order valence-corrected chi connectivity index (χ2v) is 3.66. The molecule has 0 aliphatic heterocycles. The van der Waals surface area contributed by atoms with Crippen LogP contribution in [-0.2, 0) is 0 Å². The summed E-state index contributed by atoms with van der Waals surface area (Å²) in [4.78, 5) is 13.6. The summed E-state index contributed by atoms with van der Waals surface area (Å²) >= 11 is 0. The smallest absolute Gasteiger partial charge is 0.257 e. The van der Waals surface area contributed by atoms with Crippen molar-refractivity contribution < 1.29 is 9.18 Å². The van der Waals surface area contributed by atoms with Gasteiger partial charge in [0, 0.05) is 12.6 Å². The molecule has 0 aliphatic carbocycles. The van der Waals surface area contributed by atoms with E-state index < -0.39 is 5.82 Å². The maximum Gasteiger partial charge on any atom is 0.257 e. The van der Waals surface area contributed by atoms with E-state index in [0.717, 1.165) is 0 Å². The first-order valence-corrected chi connectivity index (χ1v) is 5.13. The average Bonchev–Trinajstić information content (AvgIpc) is 2.18. The fraction of sp³-hybridized carbons (Fsp3) is 0.417. The van der Waals surface area contributed by atoms with Crippen molar-refractivity contribution in [1.29, 1.82) is 0 Å². The van der Waals surface area contributed by atoms with Crippen LogP contribution in [0.1, 0.15) is 31.1 Å². The highest BCUT2D eigenvalue weighted by molar-refractivity contribution is 5.94. The molecule has 0 saturated heterocycles. The van der Waals surface area contributed by atoms with Gasteiger partial charge in [0.1, 0.15) is 5.82 Å². The van der Waals surface area contributed by atoms with Gasteiger partial charge in [-0.05, 0) is 32.9 Å². The molecule has 1 aromatic rings. The van der Waals surface area contributed by atoms with Crippen LogP contribution in [-0.4, -0.2) is 23.4 Å². The lowest BCUT2D eigenvalue weighted by Gasteiger charge is -2.25. The quantitative estimate of drug-likeness (QED) is 0.749. The van der Waals surface area contributed by atoms with E-state index in [9.17, 15) is 9.18 Å². The molecule has 0 aliphatic rings. The fourth-order valence-corrected chi connectivity index (χ4v) is 1.53. The largest absolute Gasteiger partial charge is 0.336 e. The zero-order chi connectivity index (χ0) is 11.4. The number of hydrogen-bond donors (Lipinski definition) is 0. The second-order valence-electron chi connectivity index (χ2n) is 3.66. The molecule has 1 amide bonds. The first-order valence-electron chi connectivity index (χ1n) is 5.13. The normalized spacial score (nSPS) is 10.5. The van der Waals surface area contributed by atoms with Crippen molar-refractivity contribution in [3.05, 3.63) is 35.6 Å². The summed E-state index contributed by atoms with van der Waals surface area (Å²) in [6, 6.07) is 6.16. The SMILES string of the molecule is CCN(C(=O)c1ccccc1F)C(C)C. The van der Waals surface area contributed by atoms with Crippen LogP contribution in [0, 0.1) is 5.82 Å². The molecule has 0 N–H and O–H groups in total. The third-order valence-electron chi connectivity index (χ3n) is 2.33. The molecule has 0 saturated carbocycles. The van der Waals surface area contributed by atoms with Crippen LogP contribution in [0.2, 0.25) is 0 Å². The van der Waals surface area contributed by atoms with Crippen LogP contribution < -0.4 is 0 Å². The molecule has 1 rings (SSSR count). The number of halogens is 1. The highest BCUT2D eigenvalue weighted by Gasteiger charge is 2.19. The Balaban J connectivity index is 2.98. The van der Waals surface area contributed by atoms with Gasteiger partial charge in [0.15, 0.2) is 0 Å². The predicted octanol–water partition coefficient (Wildman–Crippen LogP) is 2.70. The molecule has 3 heteroatoms. The number of amides is 1. The molecule has 0 atom stereocenters. The summed E-state index contributed by atoms with van der Waals surface area (Å²) in [7, 11) is 0. The average molecular weight is 209 g/mol. The lowest BCUT2D eigenvalue weighted by molar-refractivity contribution is 0.0712. The third kappa shape index (κ3) is 2.55. The van der Waals surface area contributed by atoms with Gasteiger partial charge in [-0.3, -0.25) is 4.79 Å². The second kappa shape index (κ2) is 4.91. The summed E-state index contributed by atoms with van der Waals surface area (Å²) in [5, 5.41) is 0. The minimum Gasteiger partial charge on any atom is -0.336 e. The van der Waals surface area contributed by atoms with E-state index in [1.807, 2.05) is 20.8 Å². The van der Waals surface area contributed by atoms with Gasteiger partial charge in [-0.15, -0.1) is 0 Å². The molecular formula is C12H16FNO. The summed E-state index contributed by atoms with van der Waals surface area (Å²) in [6.07, 6.45) is 0. The molecular weight excluding hydrogens is 193 g/mol. The molecule has 82 valence electrons. The van der Waals surface area contributed by atoms with Crippen molar-refractivity contribution in [1.82, 2.24) is 4.90 Å². The monoisotopic (exact) mass is 209 g/mol. The summed E-state index contributed by atoms with van der Waals surface area (Å²) in [5.41, 5.74) is 0.146. The zero-order valence-corrected chi connectivity index (χ0v) is 9.33. The van der Waals surface area contributed by atoms with Gasteiger partial charge in [0.2, 0.25) is 0 Å². The van der Waals surface area contributed by atoms with Gasteiger partial charge in [-0.1, -0.05) is 12.1 Å². The molecule has 0 heterocycles. The predicted molar refractivity (Wildman–Crippen MR) is 58.2 cm³/mol. The van der Waals surface area contributed by atoms with Gasteiger partial charge in [0.25, 0.3) is 5.91 Å². The van der Waals surface area contributed by atoms with Crippen LogP contribution in [0.5, 0.6) is 0 Å². The summed E-state index contributed by atoms with van der Waals surface area (Å²) < 4.78 is 13.4. The molecule has 0 bridgehead atoms. The Morgan fingerprint density at radius 1 is 1.40 bits per heavy atom. The van der Waals surface area contributed by atoms with E-state index in [0.29, 0.717) is 6.54 Å². The van der Waals surface area contributed by atoms with Crippen LogP contribution in [0.25, 0.3) is 0 Å². The van der Waals surface area contributed by atoms with Crippen molar-refractivity contribution in [2.24, 2.45) is 0 Å². The van der Waals surface area contributed by atoms with Gasteiger partial charge in [-0.2, -0.15) is 0 Å². The molecule has 2 nitrogen and oxygen atoms in total. The van der Waals surface area contributed by atoms with Crippen molar-refractivity contribution in [3.63, 3.8) is 0 Å². The van der Waals surface area contributed by atoms with E-state index in [1.165, 1.54) is 12.1 Å². The minimum atomic E-state index is -0.457. The standard InChI is InChI=1S/C12H16FNO/c1-4-14(9(2)3)12(15)10-7-5-6-8-11(10)13/h5-9H,4H2,1-3H3. The highest BCUT2D eigenvalue weighted by Crippen LogP contribution is 2.11. The van der Waals surface area contributed by atoms with E-state index in [-0.39, 0.29) is 17.5 Å². The lowest BCUT2D eigenvalue weighted by Crippen LogP contribution is -2.37. The molecule has 0 radical (unpaired) electrons. The molecule has 0 aromatic heterocycles. The third-order valence-corrected chi connectivity index (χ3v) is 2.33.